The number of hydrogen-bond acceptors (Lipinski definition) is 7. The number of aliphatic hydroxyl groups is 2. The number of esters is 2. The lowest BCUT2D eigenvalue weighted by atomic mass is 10.1. The topological polar surface area (TPSA) is 102 Å². The average Bonchev–Trinajstić information content (AvgIpc) is 2.98. The first-order chi connectivity index (χ1) is 12.6. The molecule has 0 spiro atoms. The van der Waals surface area contributed by atoms with E-state index in [-0.39, 0.29) is 5.56 Å². The highest BCUT2D eigenvalue weighted by Gasteiger charge is 2.49. The van der Waals surface area contributed by atoms with Gasteiger partial charge in [0, 0.05) is 0 Å². The van der Waals surface area contributed by atoms with E-state index in [0.29, 0.717) is 5.56 Å². The van der Waals surface area contributed by atoms with Crippen molar-refractivity contribution in [1.82, 2.24) is 0 Å². The first-order valence-corrected chi connectivity index (χ1v) is 8.06. The van der Waals surface area contributed by atoms with E-state index in [9.17, 15) is 19.8 Å². The molecule has 1 fully saturated rings. The summed E-state index contributed by atoms with van der Waals surface area (Å²) in [4.78, 5) is 24.5. The fourth-order valence-corrected chi connectivity index (χ4v) is 2.65. The monoisotopic (exact) mass is 358 g/mol. The summed E-state index contributed by atoms with van der Waals surface area (Å²) in [6, 6.07) is 16.4. The van der Waals surface area contributed by atoms with Gasteiger partial charge in [0.05, 0.1) is 17.7 Å². The first kappa shape index (κ1) is 18.1. The van der Waals surface area contributed by atoms with Crippen LogP contribution < -0.4 is 0 Å². The lowest BCUT2D eigenvalue weighted by Gasteiger charge is -2.22. The van der Waals surface area contributed by atoms with Crippen LogP contribution in [0.25, 0.3) is 0 Å². The number of carbonyl (C=O) groups is 2. The zero-order valence-corrected chi connectivity index (χ0v) is 13.7. The van der Waals surface area contributed by atoms with Gasteiger partial charge in [-0.3, -0.25) is 0 Å². The molecule has 2 aromatic rings. The van der Waals surface area contributed by atoms with Gasteiger partial charge in [-0.05, 0) is 24.3 Å². The Kier molecular flexibility index (Phi) is 5.62. The summed E-state index contributed by atoms with van der Waals surface area (Å²) in [7, 11) is 0. The molecule has 1 heterocycles. The SMILES string of the molecule is O=C(O[C@H]1[C@H](CO)OC(O)[C@H]1OC(=O)c1ccccc1)c1ccccc1. The summed E-state index contributed by atoms with van der Waals surface area (Å²) in [5.74, 6) is -1.37. The molecule has 7 heteroatoms. The van der Waals surface area contributed by atoms with Gasteiger partial charge in [-0.25, -0.2) is 9.59 Å². The van der Waals surface area contributed by atoms with Crippen LogP contribution in [0.4, 0.5) is 0 Å². The van der Waals surface area contributed by atoms with Crippen molar-refractivity contribution in [2.75, 3.05) is 6.61 Å². The van der Waals surface area contributed by atoms with E-state index in [2.05, 4.69) is 0 Å². The van der Waals surface area contributed by atoms with Crippen LogP contribution in [0.1, 0.15) is 20.7 Å². The van der Waals surface area contributed by atoms with Gasteiger partial charge in [0.25, 0.3) is 0 Å². The third-order valence-electron chi connectivity index (χ3n) is 3.97. The zero-order valence-electron chi connectivity index (χ0n) is 13.7. The van der Waals surface area contributed by atoms with E-state index < -0.39 is 43.1 Å². The maximum Gasteiger partial charge on any atom is 0.338 e. The summed E-state index contributed by atoms with van der Waals surface area (Å²) in [5, 5.41) is 19.5. The van der Waals surface area contributed by atoms with Gasteiger partial charge in [0.2, 0.25) is 0 Å². The average molecular weight is 358 g/mol. The maximum absolute atomic E-state index is 12.3. The van der Waals surface area contributed by atoms with Crippen molar-refractivity contribution < 1.29 is 34.0 Å². The van der Waals surface area contributed by atoms with Crippen molar-refractivity contribution in [2.45, 2.75) is 24.6 Å². The van der Waals surface area contributed by atoms with Gasteiger partial charge in [-0.1, -0.05) is 36.4 Å². The summed E-state index contributed by atoms with van der Waals surface area (Å²) < 4.78 is 15.8. The number of rotatable bonds is 5. The molecule has 1 aliphatic rings. The Morgan fingerprint density at radius 2 is 1.31 bits per heavy atom. The molecule has 0 amide bonds. The van der Waals surface area contributed by atoms with E-state index in [4.69, 9.17) is 14.2 Å². The van der Waals surface area contributed by atoms with Gasteiger partial charge < -0.3 is 24.4 Å². The summed E-state index contributed by atoms with van der Waals surface area (Å²) in [6.07, 6.45) is -4.93. The Bertz CT molecular complexity index is 747. The van der Waals surface area contributed by atoms with E-state index >= 15 is 0 Å². The molecular formula is C19H18O7. The summed E-state index contributed by atoms with van der Waals surface area (Å²) in [5.41, 5.74) is 0.569. The van der Waals surface area contributed by atoms with Gasteiger partial charge >= 0.3 is 11.9 Å². The predicted molar refractivity (Wildman–Crippen MR) is 89.3 cm³/mol. The van der Waals surface area contributed by atoms with Crippen molar-refractivity contribution in [3.05, 3.63) is 71.8 Å². The minimum atomic E-state index is -1.52. The van der Waals surface area contributed by atoms with Crippen molar-refractivity contribution >= 4 is 11.9 Å². The van der Waals surface area contributed by atoms with Gasteiger partial charge in [0.1, 0.15) is 6.10 Å². The van der Waals surface area contributed by atoms with E-state index in [1.807, 2.05) is 0 Å². The largest absolute Gasteiger partial charge is 0.452 e. The Labute approximate surface area is 149 Å². The summed E-state index contributed by atoms with van der Waals surface area (Å²) >= 11 is 0. The molecule has 26 heavy (non-hydrogen) atoms. The van der Waals surface area contributed by atoms with E-state index in [1.165, 1.54) is 0 Å². The summed E-state index contributed by atoms with van der Waals surface area (Å²) in [6.45, 7) is -0.511. The van der Waals surface area contributed by atoms with Crippen LogP contribution in [0, 0.1) is 0 Å². The predicted octanol–water partition coefficient (Wildman–Crippen LogP) is 1.15. The number of aliphatic hydroxyl groups excluding tert-OH is 2. The van der Waals surface area contributed by atoms with Crippen molar-refractivity contribution in [3.8, 4) is 0 Å². The molecule has 0 saturated carbocycles. The normalized spacial score (nSPS) is 24.8. The zero-order chi connectivity index (χ0) is 18.5. The minimum absolute atomic E-state index is 0.278. The maximum atomic E-state index is 12.3. The van der Waals surface area contributed by atoms with Crippen LogP contribution in [0.3, 0.4) is 0 Å². The number of ether oxygens (including phenoxy) is 3. The van der Waals surface area contributed by atoms with Crippen molar-refractivity contribution in [2.24, 2.45) is 0 Å². The quantitative estimate of drug-likeness (QED) is 0.773. The van der Waals surface area contributed by atoms with Crippen LogP contribution in [-0.2, 0) is 14.2 Å². The highest BCUT2D eigenvalue weighted by Crippen LogP contribution is 2.27. The first-order valence-electron chi connectivity index (χ1n) is 8.06. The minimum Gasteiger partial charge on any atom is -0.452 e. The smallest absolute Gasteiger partial charge is 0.338 e. The molecule has 0 aliphatic carbocycles. The molecule has 1 aliphatic heterocycles. The van der Waals surface area contributed by atoms with E-state index in [1.54, 1.807) is 60.7 Å². The second-order valence-corrected chi connectivity index (χ2v) is 5.72. The molecule has 0 aromatic heterocycles. The second kappa shape index (κ2) is 8.09. The molecule has 4 atom stereocenters. The Morgan fingerprint density at radius 3 is 1.77 bits per heavy atom. The highest BCUT2D eigenvalue weighted by atomic mass is 16.7. The molecule has 2 aromatic carbocycles. The lowest BCUT2D eigenvalue weighted by molar-refractivity contribution is -0.135. The molecule has 136 valence electrons. The Morgan fingerprint density at radius 1 is 0.846 bits per heavy atom. The molecule has 3 rings (SSSR count). The molecule has 0 bridgehead atoms. The molecule has 7 nitrogen and oxygen atoms in total. The van der Waals surface area contributed by atoms with Gasteiger partial charge in [-0.15, -0.1) is 0 Å². The molecular weight excluding hydrogens is 340 g/mol. The van der Waals surface area contributed by atoms with Gasteiger partial charge in [0.15, 0.2) is 18.5 Å². The number of hydrogen-bond donors (Lipinski definition) is 2. The third-order valence-corrected chi connectivity index (χ3v) is 3.97. The third kappa shape index (κ3) is 3.91. The van der Waals surface area contributed by atoms with Crippen LogP contribution in [0.2, 0.25) is 0 Å². The standard InChI is InChI=1S/C19H18O7/c20-11-14-15(25-17(21)12-7-3-1-4-8-12)16(19(23)24-14)26-18(22)13-9-5-2-6-10-13/h1-10,14-16,19-20,23H,11H2/t14-,15-,16-,19?/m0/s1. The molecule has 2 N–H and O–H groups in total. The van der Waals surface area contributed by atoms with Crippen LogP contribution in [-0.4, -0.2) is 53.4 Å². The van der Waals surface area contributed by atoms with Crippen molar-refractivity contribution in [1.29, 1.82) is 0 Å². The Hall–Kier alpha value is -2.74. The van der Waals surface area contributed by atoms with E-state index in [0.717, 1.165) is 0 Å². The molecule has 1 unspecified atom stereocenters. The Balaban J connectivity index is 1.76. The number of carbonyl (C=O) groups excluding carboxylic acids is 2. The van der Waals surface area contributed by atoms with Gasteiger partial charge in [-0.2, -0.15) is 0 Å². The fourth-order valence-electron chi connectivity index (χ4n) is 2.65. The lowest BCUT2D eigenvalue weighted by Crippen LogP contribution is -2.41. The molecule has 0 radical (unpaired) electrons. The van der Waals surface area contributed by atoms with Crippen LogP contribution in [0.15, 0.2) is 60.7 Å². The fraction of sp³-hybridized carbons (Fsp3) is 0.263. The second-order valence-electron chi connectivity index (χ2n) is 5.72. The number of benzene rings is 2. The van der Waals surface area contributed by atoms with Crippen molar-refractivity contribution in [3.63, 3.8) is 0 Å². The molecule has 1 saturated heterocycles. The highest BCUT2D eigenvalue weighted by molar-refractivity contribution is 5.90. The van der Waals surface area contributed by atoms with Crippen LogP contribution >= 0.6 is 0 Å². The van der Waals surface area contributed by atoms with Crippen LogP contribution in [0.5, 0.6) is 0 Å².